The van der Waals surface area contributed by atoms with Crippen LogP contribution < -0.4 is 5.32 Å². The highest BCUT2D eigenvalue weighted by atomic mass is 16.1. The van der Waals surface area contributed by atoms with Gasteiger partial charge < -0.3 is 5.32 Å². The van der Waals surface area contributed by atoms with E-state index in [4.69, 9.17) is 0 Å². The molecule has 1 aromatic heterocycles. The van der Waals surface area contributed by atoms with Crippen molar-refractivity contribution < 1.29 is 4.79 Å². The number of hydrogen-bond donors (Lipinski definition) is 2. The number of piperidine rings is 1. The minimum Gasteiger partial charge on any atom is -0.350 e. The van der Waals surface area contributed by atoms with Crippen molar-refractivity contribution in [1.29, 1.82) is 0 Å². The number of aromatic nitrogens is 2. The Balaban J connectivity index is 1.26. The van der Waals surface area contributed by atoms with Crippen molar-refractivity contribution in [2.75, 3.05) is 19.6 Å². The highest BCUT2D eigenvalue weighted by Gasteiger charge is 2.21. The van der Waals surface area contributed by atoms with E-state index >= 15 is 0 Å². The number of aryl methyl sites for hydroxylation is 1. The number of nitrogens with one attached hydrogen (secondary N) is 2. The summed E-state index contributed by atoms with van der Waals surface area (Å²) in [6.07, 6.45) is 2.24. The number of hydrogen-bond acceptors (Lipinski definition) is 3. The summed E-state index contributed by atoms with van der Waals surface area (Å²) >= 11 is 0. The highest BCUT2D eigenvalue weighted by molar-refractivity contribution is 6.04. The molecule has 4 rings (SSSR count). The molecule has 140 valence electrons. The Labute approximate surface area is 159 Å². The zero-order valence-electron chi connectivity index (χ0n) is 15.7. The van der Waals surface area contributed by atoms with Crippen molar-refractivity contribution in [3.63, 3.8) is 0 Å². The predicted octanol–water partition coefficient (Wildman–Crippen LogP) is 3.51. The number of carbonyl (C=O) groups is 1. The van der Waals surface area contributed by atoms with Crippen LogP contribution in [0.3, 0.4) is 0 Å². The quantitative estimate of drug-likeness (QED) is 0.730. The fraction of sp³-hybridized carbons (Fsp3) is 0.364. The summed E-state index contributed by atoms with van der Waals surface area (Å²) in [6, 6.07) is 16.5. The normalized spacial score (nSPS) is 15.9. The van der Waals surface area contributed by atoms with Gasteiger partial charge in [-0.3, -0.25) is 14.8 Å². The van der Waals surface area contributed by atoms with Gasteiger partial charge in [0, 0.05) is 18.5 Å². The molecule has 2 aromatic carbocycles. The zero-order chi connectivity index (χ0) is 18.6. The van der Waals surface area contributed by atoms with Crippen LogP contribution in [0.2, 0.25) is 0 Å². The van der Waals surface area contributed by atoms with E-state index in [1.807, 2.05) is 24.3 Å². The van der Waals surface area contributed by atoms with Crippen LogP contribution >= 0.6 is 0 Å². The molecule has 1 saturated heterocycles. The first kappa shape index (κ1) is 17.7. The predicted molar refractivity (Wildman–Crippen MR) is 108 cm³/mol. The summed E-state index contributed by atoms with van der Waals surface area (Å²) in [5, 5.41) is 11.1. The molecule has 2 heterocycles. The number of aromatic amines is 1. The Morgan fingerprint density at radius 2 is 2.00 bits per heavy atom. The van der Waals surface area contributed by atoms with E-state index in [0.717, 1.165) is 49.9 Å². The first-order chi connectivity index (χ1) is 13.2. The van der Waals surface area contributed by atoms with Crippen LogP contribution in [0, 0.1) is 12.8 Å². The molecule has 1 aliphatic rings. The van der Waals surface area contributed by atoms with Crippen molar-refractivity contribution in [1.82, 2.24) is 20.4 Å². The van der Waals surface area contributed by atoms with Crippen LogP contribution in [0.15, 0.2) is 48.5 Å². The average molecular weight is 362 g/mol. The van der Waals surface area contributed by atoms with Gasteiger partial charge in [0.1, 0.15) is 0 Å². The lowest BCUT2D eigenvalue weighted by molar-refractivity contribution is 0.0932. The topological polar surface area (TPSA) is 61.0 Å². The second-order valence-electron chi connectivity index (χ2n) is 7.54. The van der Waals surface area contributed by atoms with E-state index in [9.17, 15) is 4.79 Å². The van der Waals surface area contributed by atoms with Gasteiger partial charge in [-0.2, -0.15) is 5.10 Å². The molecule has 1 amide bonds. The first-order valence-electron chi connectivity index (χ1n) is 9.68. The van der Waals surface area contributed by atoms with Gasteiger partial charge in [-0.15, -0.1) is 0 Å². The number of likely N-dealkylation sites (tertiary alicyclic amines) is 1. The van der Waals surface area contributed by atoms with Gasteiger partial charge >= 0.3 is 0 Å². The second-order valence-corrected chi connectivity index (χ2v) is 7.54. The SMILES string of the molecule is Cc1cccc(CN2CCC(CNC(=O)c3n[nH]c4ccccc34)CC2)c1. The molecule has 0 unspecified atom stereocenters. The molecule has 2 N–H and O–H groups in total. The third-order valence-electron chi connectivity index (χ3n) is 5.43. The molecule has 3 aromatic rings. The Morgan fingerprint density at radius 3 is 2.81 bits per heavy atom. The number of fused-ring (bicyclic) bond motifs is 1. The largest absolute Gasteiger partial charge is 0.350 e. The van der Waals surface area contributed by atoms with Crippen LogP contribution in [0.25, 0.3) is 10.9 Å². The number of rotatable bonds is 5. The fourth-order valence-corrected chi connectivity index (χ4v) is 3.87. The number of amides is 1. The summed E-state index contributed by atoms with van der Waals surface area (Å²) in [6.45, 7) is 6.04. The van der Waals surface area contributed by atoms with Crippen LogP contribution in [0.4, 0.5) is 0 Å². The minimum atomic E-state index is -0.0883. The van der Waals surface area contributed by atoms with Crippen LogP contribution in [-0.2, 0) is 6.54 Å². The van der Waals surface area contributed by atoms with Gasteiger partial charge in [-0.1, -0.05) is 48.0 Å². The minimum absolute atomic E-state index is 0.0883. The Kier molecular flexibility index (Phi) is 5.21. The molecule has 5 nitrogen and oxygen atoms in total. The van der Waals surface area contributed by atoms with E-state index in [1.165, 1.54) is 11.1 Å². The molecule has 5 heteroatoms. The van der Waals surface area contributed by atoms with E-state index in [1.54, 1.807) is 0 Å². The number of para-hydroxylation sites is 1. The number of nitrogens with zero attached hydrogens (tertiary/aromatic N) is 2. The summed E-state index contributed by atoms with van der Waals surface area (Å²) in [5.74, 6) is 0.447. The molecular formula is C22H26N4O. The summed E-state index contributed by atoms with van der Waals surface area (Å²) in [4.78, 5) is 15.0. The molecule has 1 fully saturated rings. The van der Waals surface area contributed by atoms with Crippen molar-refractivity contribution >= 4 is 16.8 Å². The van der Waals surface area contributed by atoms with Gasteiger partial charge in [-0.25, -0.2) is 0 Å². The molecule has 0 bridgehead atoms. The van der Waals surface area contributed by atoms with Crippen molar-refractivity contribution in [2.45, 2.75) is 26.3 Å². The molecule has 0 radical (unpaired) electrons. The Bertz CT molecular complexity index is 925. The maximum atomic E-state index is 12.5. The molecule has 0 spiro atoms. The number of benzene rings is 2. The summed E-state index contributed by atoms with van der Waals surface area (Å²) in [7, 11) is 0. The summed E-state index contributed by atoms with van der Waals surface area (Å²) < 4.78 is 0. The second kappa shape index (κ2) is 7.92. The van der Waals surface area contributed by atoms with Crippen LogP contribution in [-0.4, -0.2) is 40.6 Å². The lowest BCUT2D eigenvalue weighted by Gasteiger charge is -2.32. The lowest BCUT2D eigenvalue weighted by atomic mass is 9.96. The lowest BCUT2D eigenvalue weighted by Crippen LogP contribution is -2.38. The molecule has 0 aliphatic carbocycles. The van der Waals surface area contributed by atoms with E-state index in [0.29, 0.717) is 11.6 Å². The number of carbonyl (C=O) groups excluding carboxylic acids is 1. The van der Waals surface area contributed by atoms with Crippen LogP contribution in [0.5, 0.6) is 0 Å². The molecular weight excluding hydrogens is 336 g/mol. The van der Waals surface area contributed by atoms with E-state index < -0.39 is 0 Å². The van der Waals surface area contributed by atoms with Gasteiger partial charge in [-0.05, 0) is 50.4 Å². The van der Waals surface area contributed by atoms with E-state index in [2.05, 4.69) is 51.6 Å². The van der Waals surface area contributed by atoms with Crippen molar-refractivity contribution in [3.8, 4) is 0 Å². The molecule has 0 saturated carbocycles. The van der Waals surface area contributed by atoms with Gasteiger partial charge in [0.2, 0.25) is 0 Å². The average Bonchev–Trinajstić information content (AvgIpc) is 3.11. The van der Waals surface area contributed by atoms with Crippen molar-refractivity contribution in [2.24, 2.45) is 5.92 Å². The van der Waals surface area contributed by atoms with Gasteiger partial charge in [0.05, 0.1) is 5.52 Å². The molecule has 27 heavy (non-hydrogen) atoms. The third-order valence-corrected chi connectivity index (χ3v) is 5.43. The standard InChI is InChI=1S/C22H26N4O/c1-16-5-4-6-18(13-16)15-26-11-9-17(10-12-26)14-23-22(27)21-19-7-2-3-8-20(19)24-25-21/h2-8,13,17H,9-12,14-15H2,1H3,(H,23,27)(H,24,25). The molecule has 1 aliphatic heterocycles. The Morgan fingerprint density at radius 1 is 1.19 bits per heavy atom. The smallest absolute Gasteiger partial charge is 0.272 e. The summed E-state index contributed by atoms with van der Waals surface area (Å²) in [5.41, 5.74) is 4.08. The maximum absolute atomic E-state index is 12.5. The van der Waals surface area contributed by atoms with Gasteiger partial charge in [0.15, 0.2) is 5.69 Å². The van der Waals surface area contributed by atoms with Crippen molar-refractivity contribution in [3.05, 3.63) is 65.4 Å². The monoisotopic (exact) mass is 362 g/mol. The Hall–Kier alpha value is -2.66. The zero-order valence-corrected chi connectivity index (χ0v) is 15.7. The fourth-order valence-electron chi connectivity index (χ4n) is 3.87. The number of H-pyrrole nitrogens is 1. The third kappa shape index (κ3) is 4.19. The molecule has 0 atom stereocenters. The first-order valence-corrected chi connectivity index (χ1v) is 9.68. The highest BCUT2D eigenvalue weighted by Crippen LogP contribution is 2.20. The van der Waals surface area contributed by atoms with Crippen LogP contribution in [0.1, 0.15) is 34.5 Å². The maximum Gasteiger partial charge on any atom is 0.272 e. The van der Waals surface area contributed by atoms with E-state index in [-0.39, 0.29) is 5.91 Å². The van der Waals surface area contributed by atoms with Gasteiger partial charge in [0.25, 0.3) is 5.91 Å².